The first-order valence-corrected chi connectivity index (χ1v) is 11.2. The van der Waals surface area contributed by atoms with Gasteiger partial charge in [0.1, 0.15) is 10.8 Å². The van der Waals surface area contributed by atoms with Crippen LogP contribution < -0.4 is 24.8 Å². The van der Waals surface area contributed by atoms with Crippen LogP contribution in [0, 0.1) is 0 Å². The Hall–Kier alpha value is -3.86. The van der Waals surface area contributed by atoms with Crippen LogP contribution >= 0.6 is 11.3 Å². The van der Waals surface area contributed by atoms with Gasteiger partial charge in [0.25, 0.3) is 5.91 Å². The number of para-hydroxylation sites is 2. The first-order chi connectivity index (χ1) is 16.1. The zero-order chi connectivity index (χ0) is 22.8. The number of methoxy groups -OCH3 is 1. The average Bonchev–Trinajstić information content (AvgIpc) is 3.59. The van der Waals surface area contributed by atoms with Crippen molar-refractivity contribution < 1.29 is 23.8 Å². The first-order valence-electron chi connectivity index (χ1n) is 10.4. The maximum absolute atomic E-state index is 13.0. The second kappa shape index (κ2) is 8.94. The third-order valence-electron chi connectivity index (χ3n) is 5.41. The first kappa shape index (κ1) is 21.0. The van der Waals surface area contributed by atoms with E-state index >= 15 is 0 Å². The normalized spacial score (nSPS) is 16.5. The monoisotopic (exact) mass is 467 g/mol. The quantitative estimate of drug-likeness (QED) is 0.585. The molecule has 33 heavy (non-hydrogen) atoms. The van der Waals surface area contributed by atoms with E-state index in [9.17, 15) is 9.59 Å². The number of urea groups is 1. The van der Waals surface area contributed by atoms with Crippen LogP contribution in [0.25, 0.3) is 0 Å². The van der Waals surface area contributed by atoms with Crippen LogP contribution in [0.5, 0.6) is 17.2 Å². The number of fused-ring (bicyclic) bond motifs is 1. The van der Waals surface area contributed by atoms with Crippen LogP contribution in [0.15, 0.2) is 42.5 Å². The molecule has 0 spiro atoms. The molecular weight excluding hydrogens is 446 g/mol. The van der Waals surface area contributed by atoms with Crippen LogP contribution in [0.4, 0.5) is 16.2 Å². The molecule has 0 radical (unpaired) electrons. The van der Waals surface area contributed by atoms with Gasteiger partial charge in [-0.25, -0.2) is 4.79 Å². The highest BCUT2D eigenvalue weighted by Crippen LogP contribution is 2.36. The fraction of sp³-hybridized carbons (Fsp3) is 0.273. The SMILES string of the molecule is COc1ccccc1NC(=O)N1CCC[C@@H]1c1nnc(C(=O)Nc2ccc3c(c2)OCO3)s1. The largest absolute Gasteiger partial charge is 0.495 e. The topological polar surface area (TPSA) is 115 Å². The Labute approximate surface area is 193 Å². The van der Waals surface area contributed by atoms with Crippen molar-refractivity contribution in [1.29, 1.82) is 0 Å². The summed E-state index contributed by atoms with van der Waals surface area (Å²) in [4.78, 5) is 27.4. The fourth-order valence-corrected chi connectivity index (χ4v) is 4.71. The maximum Gasteiger partial charge on any atom is 0.322 e. The second-order valence-electron chi connectivity index (χ2n) is 7.45. The number of carbonyl (C=O) groups excluding carboxylic acids is 2. The van der Waals surface area contributed by atoms with Crippen molar-refractivity contribution in [3.63, 3.8) is 0 Å². The highest BCUT2D eigenvalue weighted by atomic mass is 32.1. The lowest BCUT2D eigenvalue weighted by molar-refractivity contribution is 0.102. The van der Waals surface area contributed by atoms with Gasteiger partial charge in [-0.1, -0.05) is 23.5 Å². The average molecular weight is 468 g/mol. The van der Waals surface area contributed by atoms with Crippen LogP contribution in [0.3, 0.4) is 0 Å². The molecule has 1 fully saturated rings. The Morgan fingerprint density at radius 2 is 1.97 bits per heavy atom. The van der Waals surface area contributed by atoms with Crippen LogP contribution in [0.1, 0.15) is 33.7 Å². The summed E-state index contributed by atoms with van der Waals surface area (Å²) in [5.41, 5.74) is 1.16. The summed E-state index contributed by atoms with van der Waals surface area (Å²) in [6, 6.07) is 11.9. The van der Waals surface area contributed by atoms with E-state index in [0.717, 1.165) is 12.8 Å². The lowest BCUT2D eigenvalue weighted by Crippen LogP contribution is -2.34. The Balaban J connectivity index is 1.27. The highest BCUT2D eigenvalue weighted by Gasteiger charge is 2.33. The Bertz CT molecular complexity index is 1200. The molecule has 2 N–H and O–H groups in total. The molecule has 1 atom stereocenters. The number of nitrogens with zero attached hydrogens (tertiary/aromatic N) is 3. The van der Waals surface area contributed by atoms with Gasteiger partial charge in [-0.05, 0) is 37.1 Å². The summed E-state index contributed by atoms with van der Waals surface area (Å²) in [5.74, 6) is 1.42. The van der Waals surface area contributed by atoms with E-state index in [2.05, 4.69) is 20.8 Å². The van der Waals surface area contributed by atoms with Crippen molar-refractivity contribution in [2.45, 2.75) is 18.9 Å². The van der Waals surface area contributed by atoms with Crippen LogP contribution in [-0.2, 0) is 0 Å². The minimum Gasteiger partial charge on any atom is -0.495 e. The van der Waals surface area contributed by atoms with Crippen molar-refractivity contribution >= 4 is 34.6 Å². The summed E-state index contributed by atoms with van der Waals surface area (Å²) < 4.78 is 15.9. The number of amides is 3. The lowest BCUT2D eigenvalue weighted by Gasteiger charge is -2.23. The van der Waals surface area contributed by atoms with E-state index in [0.29, 0.717) is 40.2 Å². The smallest absolute Gasteiger partial charge is 0.322 e. The molecule has 0 bridgehead atoms. The van der Waals surface area contributed by atoms with Gasteiger partial charge in [0.2, 0.25) is 11.8 Å². The van der Waals surface area contributed by atoms with E-state index in [-0.39, 0.29) is 29.8 Å². The standard InChI is InChI=1S/C22H21N5O5S/c1-30-16-7-3-2-5-14(16)24-22(29)27-10-4-6-15(27)20-25-26-21(33-20)19(28)23-13-8-9-17-18(11-13)32-12-31-17/h2-3,5,7-9,11,15H,4,6,10,12H2,1H3,(H,23,28)(H,24,29)/t15-/m1/s1. The summed E-state index contributed by atoms with van der Waals surface area (Å²) in [7, 11) is 1.56. The molecular formula is C22H21N5O5S. The van der Waals surface area contributed by atoms with Gasteiger partial charge in [-0.15, -0.1) is 10.2 Å². The molecule has 3 heterocycles. The molecule has 11 heteroatoms. The molecule has 2 aromatic carbocycles. The van der Waals surface area contributed by atoms with E-state index in [1.54, 1.807) is 42.3 Å². The third kappa shape index (κ3) is 4.27. The number of likely N-dealkylation sites (tertiary alicyclic amines) is 1. The number of anilines is 2. The molecule has 3 aromatic rings. The van der Waals surface area contributed by atoms with Gasteiger partial charge in [-0.2, -0.15) is 0 Å². The van der Waals surface area contributed by atoms with Crippen LogP contribution in [-0.4, -0.2) is 47.5 Å². The molecule has 170 valence electrons. The zero-order valence-electron chi connectivity index (χ0n) is 17.7. The summed E-state index contributed by atoms with van der Waals surface area (Å²) in [5, 5.41) is 14.8. The Kier molecular flexibility index (Phi) is 5.69. The molecule has 3 amide bonds. The van der Waals surface area contributed by atoms with Crippen LogP contribution in [0.2, 0.25) is 0 Å². The number of ether oxygens (including phenoxy) is 3. The van der Waals surface area contributed by atoms with Gasteiger partial charge in [0.15, 0.2) is 11.5 Å². The minimum atomic E-state index is -0.374. The molecule has 1 saturated heterocycles. The number of nitrogens with one attached hydrogen (secondary N) is 2. The predicted molar refractivity (Wildman–Crippen MR) is 121 cm³/mol. The zero-order valence-corrected chi connectivity index (χ0v) is 18.6. The number of carbonyl (C=O) groups is 2. The minimum absolute atomic E-state index is 0.162. The summed E-state index contributed by atoms with van der Waals surface area (Å²) in [6.45, 7) is 0.749. The lowest BCUT2D eigenvalue weighted by atomic mass is 10.2. The molecule has 2 aliphatic heterocycles. The number of rotatable bonds is 5. The number of hydrogen-bond acceptors (Lipinski definition) is 8. The van der Waals surface area contributed by atoms with Crippen molar-refractivity contribution in [1.82, 2.24) is 15.1 Å². The third-order valence-corrected chi connectivity index (χ3v) is 6.44. The fourth-order valence-electron chi connectivity index (χ4n) is 3.82. The van der Waals surface area contributed by atoms with Crippen molar-refractivity contribution in [2.75, 3.05) is 31.1 Å². The second-order valence-corrected chi connectivity index (χ2v) is 8.46. The van der Waals surface area contributed by atoms with Gasteiger partial charge >= 0.3 is 6.03 Å². The molecule has 2 aliphatic rings. The molecule has 0 saturated carbocycles. The molecule has 1 aromatic heterocycles. The molecule has 5 rings (SSSR count). The molecule has 10 nitrogen and oxygen atoms in total. The van der Waals surface area contributed by atoms with Gasteiger partial charge in [-0.3, -0.25) is 4.79 Å². The van der Waals surface area contributed by atoms with Gasteiger partial charge < -0.3 is 29.7 Å². The van der Waals surface area contributed by atoms with E-state index < -0.39 is 0 Å². The van der Waals surface area contributed by atoms with Crippen molar-refractivity contribution in [2.24, 2.45) is 0 Å². The maximum atomic E-state index is 13.0. The Morgan fingerprint density at radius 1 is 1.12 bits per heavy atom. The van der Waals surface area contributed by atoms with Gasteiger partial charge in [0.05, 0.1) is 18.8 Å². The van der Waals surface area contributed by atoms with E-state index in [1.807, 2.05) is 12.1 Å². The molecule has 0 unspecified atom stereocenters. The van der Waals surface area contributed by atoms with Crippen molar-refractivity contribution in [3.8, 4) is 17.2 Å². The van der Waals surface area contributed by atoms with E-state index in [4.69, 9.17) is 14.2 Å². The summed E-state index contributed by atoms with van der Waals surface area (Å²) >= 11 is 1.18. The van der Waals surface area contributed by atoms with Gasteiger partial charge in [0, 0.05) is 18.3 Å². The number of aromatic nitrogens is 2. The van der Waals surface area contributed by atoms with Crippen molar-refractivity contribution in [3.05, 3.63) is 52.5 Å². The van der Waals surface area contributed by atoms with E-state index in [1.165, 1.54) is 11.3 Å². The summed E-state index contributed by atoms with van der Waals surface area (Å²) in [6.07, 6.45) is 1.58. The molecule has 0 aliphatic carbocycles. The number of hydrogen-bond donors (Lipinski definition) is 2. The Morgan fingerprint density at radius 3 is 2.85 bits per heavy atom. The highest BCUT2D eigenvalue weighted by molar-refractivity contribution is 7.13. The number of benzene rings is 2. The predicted octanol–water partition coefficient (Wildman–Crippen LogP) is 3.90.